The Bertz CT molecular complexity index is 698. The Labute approximate surface area is 123 Å². The average molecular weight is 281 g/mol. The van der Waals surface area contributed by atoms with Crippen molar-refractivity contribution in [2.75, 3.05) is 19.0 Å². The van der Waals surface area contributed by atoms with Gasteiger partial charge in [0.25, 0.3) is 5.91 Å². The van der Waals surface area contributed by atoms with Crippen LogP contribution in [0, 0.1) is 11.8 Å². The van der Waals surface area contributed by atoms with Gasteiger partial charge in [0.05, 0.1) is 7.11 Å². The van der Waals surface area contributed by atoms with Gasteiger partial charge in [-0.3, -0.25) is 4.79 Å². The molecule has 0 radical (unpaired) electrons. The van der Waals surface area contributed by atoms with Gasteiger partial charge < -0.3 is 15.2 Å². The summed E-state index contributed by atoms with van der Waals surface area (Å²) in [6.45, 7) is -0.208. The van der Waals surface area contributed by atoms with Gasteiger partial charge in [-0.2, -0.15) is 0 Å². The maximum absolute atomic E-state index is 12.2. The number of carbonyl (C=O) groups excluding carboxylic acids is 1. The Morgan fingerprint density at radius 1 is 1.24 bits per heavy atom. The van der Waals surface area contributed by atoms with Gasteiger partial charge in [-0.1, -0.05) is 24.0 Å². The molecule has 0 saturated heterocycles. The van der Waals surface area contributed by atoms with E-state index < -0.39 is 0 Å². The molecule has 0 atom stereocenters. The highest BCUT2D eigenvalue weighted by atomic mass is 16.5. The molecule has 0 aliphatic rings. The third-order valence-corrected chi connectivity index (χ3v) is 2.76. The number of aliphatic hydroxyl groups excluding tert-OH is 1. The molecule has 0 aromatic heterocycles. The van der Waals surface area contributed by atoms with Crippen LogP contribution in [0.2, 0.25) is 0 Å². The molecule has 1 amide bonds. The van der Waals surface area contributed by atoms with Crippen LogP contribution in [0.1, 0.15) is 15.9 Å². The zero-order valence-electron chi connectivity index (χ0n) is 11.6. The van der Waals surface area contributed by atoms with Gasteiger partial charge in [0.2, 0.25) is 0 Å². The summed E-state index contributed by atoms with van der Waals surface area (Å²) in [6, 6.07) is 14.1. The molecule has 0 aliphatic carbocycles. The fourth-order valence-corrected chi connectivity index (χ4v) is 1.78. The van der Waals surface area contributed by atoms with Gasteiger partial charge >= 0.3 is 0 Å². The Hall–Kier alpha value is -2.77. The molecule has 0 spiro atoms. The molecule has 4 heteroatoms. The van der Waals surface area contributed by atoms with E-state index in [1.807, 2.05) is 0 Å². The van der Waals surface area contributed by atoms with E-state index in [0.29, 0.717) is 22.6 Å². The van der Waals surface area contributed by atoms with Gasteiger partial charge in [0, 0.05) is 22.9 Å². The summed E-state index contributed by atoms with van der Waals surface area (Å²) in [4.78, 5) is 12.2. The second-order valence-electron chi connectivity index (χ2n) is 4.23. The molecule has 0 unspecified atom stereocenters. The molecule has 2 N–H and O–H groups in total. The van der Waals surface area contributed by atoms with Crippen molar-refractivity contribution in [1.29, 1.82) is 0 Å². The highest BCUT2D eigenvalue weighted by molar-refractivity contribution is 6.04. The molecular weight excluding hydrogens is 266 g/mol. The minimum Gasteiger partial charge on any atom is -0.497 e. The molecule has 106 valence electrons. The number of aliphatic hydroxyl groups is 1. The first-order chi connectivity index (χ1) is 10.2. The van der Waals surface area contributed by atoms with E-state index in [0.717, 1.165) is 0 Å². The Balaban J connectivity index is 2.16. The second-order valence-corrected chi connectivity index (χ2v) is 4.23. The standard InChI is InChI=1S/C17H15NO3/c1-21-16-9-3-8-15(12-16)18-17(20)14-7-2-5-13(11-14)6-4-10-19/h2-3,5,7-9,11-12,19H,10H2,1H3,(H,18,20). The Kier molecular flexibility index (Phi) is 4.97. The van der Waals surface area contributed by atoms with E-state index in [4.69, 9.17) is 9.84 Å². The van der Waals surface area contributed by atoms with E-state index in [9.17, 15) is 4.79 Å². The van der Waals surface area contributed by atoms with E-state index in [1.165, 1.54) is 0 Å². The summed E-state index contributed by atoms with van der Waals surface area (Å²) in [5, 5.41) is 11.5. The number of benzene rings is 2. The predicted molar refractivity (Wildman–Crippen MR) is 81.4 cm³/mol. The van der Waals surface area contributed by atoms with Crippen molar-refractivity contribution in [3.8, 4) is 17.6 Å². The van der Waals surface area contributed by atoms with E-state index in [2.05, 4.69) is 17.2 Å². The molecule has 4 nitrogen and oxygen atoms in total. The summed E-state index contributed by atoms with van der Waals surface area (Å²) in [7, 11) is 1.57. The molecule has 2 aromatic rings. The lowest BCUT2D eigenvalue weighted by Gasteiger charge is -2.07. The molecule has 2 rings (SSSR count). The molecule has 0 aliphatic heterocycles. The van der Waals surface area contributed by atoms with E-state index in [-0.39, 0.29) is 12.5 Å². The first-order valence-electron chi connectivity index (χ1n) is 6.38. The maximum atomic E-state index is 12.2. The number of amides is 1. The minimum absolute atomic E-state index is 0.208. The molecular formula is C17H15NO3. The Morgan fingerprint density at radius 2 is 2.05 bits per heavy atom. The monoisotopic (exact) mass is 281 g/mol. The van der Waals surface area contributed by atoms with Gasteiger partial charge in [-0.05, 0) is 30.3 Å². The zero-order chi connectivity index (χ0) is 15.1. The molecule has 0 fully saturated rings. The largest absolute Gasteiger partial charge is 0.497 e. The molecule has 0 bridgehead atoms. The van der Waals surface area contributed by atoms with Crippen LogP contribution in [-0.2, 0) is 0 Å². The van der Waals surface area contributed by atoms with Crippen molar-refractivity contribution < 1.29 is 14.6 Å². The molecule has 0 heterocycles. The summed E-state index contributed by atoms with van der Waals surface area (Å²) in [6.07, 6.45) is 0. The van der Waals surface area contributed by atoms with Gasteiger partial charge in [0.1, 0.15) is 12.4 Å². The van der Waals surface area contributed by atoms with Crippen molar-refractivity contribution in [3.05, 3.63) is 59.7 Å². The van der Waals surface area contributed by atoms with Gasteiger partial charge in [0.15, 0.2) is 0 Å². The van der Waals surface area contributed by atoms with Crippen molar-refractivity contribution in [2.45, 2.75) is 0 Å². The summed E-state index contributed by atoms with van der Waals surface area (Å²) >= 11 is 0. The first kappa shape index (κ1) is 14.6. The van der Waals surface area contributed by atoms with E-state index >= 15 is 0 Å². The number of anilines is 1. The first-order valence-corrected chi connectivity index (χ1v) is 6.38. The quantitative estimate of drug-likeness (QED) is 0.849. The number of carbonyl (C=O) groups is 1. The fourth-order valence-electron chi connectivity index (χ4n) is 1.78. The number of ether oxygens (including phenoxy) is 1. The lowest BCUT2D eigenvalue weighted by molar-refractivity contribution is 0.102. The average Bonchev–Trinajstić information content (AvgIpc) is 2.53. The lowest BCUT2D eigenvalue weighted by atomic mass is 10.1. The van der Waals surface area contributed by atoms with E-state index in [1.54, 1.807) is 55.6 Å². The molecule has 2 aromatic carbocycles. The number of hydrogen-bond donors (Lipinski definition) is 2. The van der Waals surface area contributed by atoms with Crippen LogP contribution in [0.15, 0.2) is 48.5 Å². The number of nitrogens with one attached hydrogen (secondary N) is 1. The van der Waals surface area contributed by atoms with Crippen molar-refractivity contribution in [3.63, 3.8) is 0 Å². The number of hydrogen-bond acceptors (Lipinski definition) is 3. The second kappa shape index (κ2) is 7.13. The zero-order valence-corrected chi connectivity index (χ0v) is 11.6. The normalized spacial score (nSPS) is 9.43. The van der Waals surface area contributed by atoms with Crippen LogP contribution in [0.5, 0.6) is 5.75 Å². The topological polar surface area (TPSA) is 58.6 Å². The van der Waals surface area contributed by atoms with Gasteiger partial charge in [-0.15, -0.1) is 0 Å². The summed E-state index contributed by atoms with van der Waals surface area (Å²) in [5.74, 6) is 5.77. The van der Waals surface area contributed by atoms with Crippen molar-refractivity contribution in [1.82, 2.24) is 0 Å². The van der Waals surface area contributed by atoms with Crippen LogP contribution in [0.25, 0.3) is 0 Å². The third-order valence-electron chi connectivity index (χ3n) is 2.76. The van der Waals surface area contributed by atoms with Crippen LogP contribution < -0.4 is 10.1 Å². The smallest absolute Gasteiger partial charge is 0.255 e. The molecule has 0 saturated carbocycles. The maximum Gasteiger partial charge on any atom is 0.255 e. The fraction of sp³-hybridized carbons (Fsp3) is 0.118. The predicted octanol–water partition coefficient (Wildman–Crippen LogP) is 2.29. The van der Waals surface area contributed by atoms with Gasteiger partial charge in [-0.25, -0.2) is 0 Å². The highest BCUT2D eigenvalue weighted by Crippen LogP contribution is 2.17. The van der Waals surface area contributed by atoms with Crippen LogP contribution in [0.4, 0.5) is 5.69 Å². The SMILES string of the molecule is COc1cccc(NC(=O)c2cccc(C#CCO)c2)c1. The van der Waals surface area contributed by atoms with Crippen molar-refractivity contribution >= 4 is 11.6 Å². The summed E-state index contributed by atoms with van der Waals surface area (Å²) < 4.78 is 5.11. The number of methoxy groups -OCH3 is 1. The Morgan fingerprint density at radius 3 is 2.81 bits per heavy atom. The van der Waals surface area contributed by atoms with Crippen molar-refractivity contribution in [2.24, 2.45) is 0 Å². The molecule has 21 heavy (non-hydrogen) atoms. The summed E-state index contributed by atoms with van der Waals surface area (Å²) in [5.41, 5.74) is 1.84. The highest BCUT2D eigenvalue weighted by Gasteiger charge is 2.06. The van der Waals surface area contributed by atoms with Crippen LogP contribution in [0.3, 0.4) is 0 Å². The lowest BCUT2D eigenvalue weighted by Crippen LogP contribution is -2.11. The third kappa shape index (κ3) is 4.10. The van der Waals surface area contributed by atoms with Crippen LogP contribution in [-0.4, -0.2) is 24.7 Å². The van der Waals surface area contributed by atoms with Crippen LogP contribution >= 0.6 is 0 Å². The minimum atomic E-state index is -0.226. The number of rotatable bonds is 3.